The third-order valence-corrected chi connectivity index (χ3v) is 7.95. The van der Waals surface area contributed by atoms with Gasteiger partial charge in [0.1, 0.15) is 36.3 Å². The van der Waals surface area contributed by atoms with Gasteiger partial charge in [-0.1, -0.05) is 33.6 Å². The molecule has 0 saturated heterocycles. The van der Waals surface area contributed by atoms with E-state index in [1.165, 1.54) is 6.92 Å². The van der Waals surface area contributed by atoms with Crippen molar-refractivity contribution in [1.29, 1.82) is 0 Å². The smallest absolute Gasteiger partial charge is 0.325 e. The van der Waals surface area contributed by atoms with Gasteiger partial charge in [-0.15, -0.1) is 6.42 Å². The number of guanidine groups is 1. The first-order chi connectivity index (χ1) is 28.0. The van der Waals surface area contributed by atoms with Crippen molar-refractivity contribution in [2.75, 3.05) is 32.8 Å². The quantitative estimate of drug-likeness (QED) is 0.0158. The van der Waals surface area contributed by atoms with Gasteiger partial charge in [-0.2, -0.15) is 0 Å². The monoisotopic (exact) mass is 854 g/mol. The normalized spacial score (nSPS) is 13.6. The predicted octanol–water partition coefficient (Wildman–Crippen LogP) is -5.73. The molecule has 60 heavy (non-hydrogen) atoms. The maximum absolute atomic E-state index is 13.2. The Labute approximate surface area is 346 Å². The second kappa shape index (κ2) is 27.8. The molecule has 0 aliphatic heterocycles. The lowest BCUT2D eigenvalue weighted by Gasteiger charge is -2.25. The Morgan fingerprint density at radius 2 is 1.20 bits per heavy atom. The van der Waals surface area contributed by atoms with Gasteiger partial charge >= 0.3 is 18.0 Å². The van der Waals surface area contributed by atoms with Gasteiger partial charge < -0.3 is 74.6 Å². The summed E-state index contributed by atoms with van der Waals surface area (Å²) in [5.74, 6) is -8.31. The molecule has 25 heteroatoms. The number of hydrogen-bond donors (Lipinski definition) is 14. The van der Waals surface area contributed by atoms with Gasteiger partial charge in [0.2, 0.25) is 41.4 Å². The number of urea groups is 1. The summed E-state index contributed by atoms with van der Waals surface area (Å²) >= 11 is 0. The highest BCUT2D eigenvalue weighted by Crippen LogP contribution is 2.07. The number of carboxylic acids is 2. The number of rotatable bonds is 27. The standard InChI is InChI=1S/C35H58N12O13/c1-7-10-39-35(60)47-27(18(4)5)32(57)41-15-24(49)43-20(9-8-11-38-34(36)37)28(53)40-14-25(50)44-22(13-26(51)52)30(55)46-23(16-48)31(56)45-21(12-17(2)3)29(54)42-19(6)33(58)59/h1,17-23,27,48H,8-16H2,2-6H3,(H,40,53)(H,41,57)(H,42,54)(H,43,49)(H,44,50)(H,45,56)(H,46,55)(H,51,52)(H,58,59)(H4,36,37,38)(H2,39,47,60)/t19-,20-,21-,22-,23-,27-/m0/s1. The van der Waals surface area contributed by atoms with Gasteiger partial charge in [-0.25, -0.2) is 4.79 Å². The van der Waals surface area contributed by atoms with E-state index >= 15 is 0 Å². The molecule has 0 bridgehead atoms. The molecule has 0 saturated carbocycles. The molecular weight excluding hydrogens is 796 g/mol. The van der Waals surface area contributed by atoms with Gasteiger partial charge in [0.25, 0.3) is 0 Å². The Balaban J connectivity index is 5.75. The fraction of sp³-hybridized carbons (Fsp3) is 0.629. The number of carboxylic acid groups (broad SMARTS) is 2. The Hall–Kier alpha value is -6.71. The van der Waals surface area contributed by atoms with Gasteiger partial charge in [-0.3, -0.25) is 48.1 Å². The highest BCUT2D eigenvalue weighted by molar-refractivity contribution is 5.97. The third kappa shape index (κ3) is 22.3. The first-order valence-electron chi connectivity index (χ1n) is 18.7. The maximum atomic E-state index is 13.2. The van der Waals surface area contributed by atoms with E-state index in [9.17, 15) is 58.2 Å². The van der Waals surface area contributed by atoms with Crippen molar-refractivity contribution < 1.29 is 63.3 Å². The number of carbonyl (C=O) groups excluding carboxylic acids is 8. The molecule has 0 aromatic rings. The second-order valence-corrected chi connectivity index (χ2v) is 14.0. The van der Waals surface area contributed by atoms with Crippen LogP contribution >= 0.6 is 0 Å². The van der Waals surface area contributed by atoms with Crippen molar-refractivity contribution in [2.45, 2.75) is 96.6 Å². The van der Waals surface area contributed by atoms with Crippen LogP contribution in [-0.2, 0) is 43.2 Å². The molecule has 0 aromatic heterocycles. The first-order valence-corrected chi connectivity index (χ1v) is 18.7. The summed E-state index contributed by atoms with van der Waals surface area (Å²) in [5.41, 5.74) is 10.7. The van der Waals surface area contributed by atoms with Crippen LogP contribution in [0.4, 0.5) is 4.79 Å². The number of nitrogens with zero attached hydrogens (tertiary/aromatic N) is 1. The number of hydrogen-bond acceptors (Lipinski definition) is 12. The topological polar surface area (TPSA) is 404 Å². The Kier molecular flexibility index (Phi) is 24.7. The Morgan fingerprint density at radius 1 is 0.667 bits per heavy atom. The summed E-state index contributed by atoms with van der Waals surface area (Å²) < 4.78 is 0. The minimum absolute atomic E-state index is 0.0309. The van der Waals surface area contributed by atoms with E-state index in [2.05, 4.69) is 58.8 Å². The molecule has 0 spiro atoms. The molecule has 0 aliphatic rings. The lowest BCUT2D eigenvalue weighted by molar-refractivity contribution is -0.142. The van der Waals surface area contributed by atoms with E-state index in [0.717, 1.165) is 0 Å². The molecule has 16 N–H and O–H groups in total. The number of nitrogens with two attached hydrogens (primary N) is 2. The molecule has 9 amide bonds. The molecule has 0 aliphatic carbocycles. The number of nitrogens with one attached hydrogen (secondary N) is 9. The number of aliphatic imine (C=N–C) groups is 1. The fourth-order valence-corrected chi connectivity index (χ4v) is 4.89. The van der Waals surface area contributed by atoms with Crippen LogP contribution in [0.5, 0.6) is 0 Å². The molecule has 0 fully saturated rings. The van der Waals surface area contributed by atoms with E-state index in [0.29, 0.717) is 0 Å². The van der Waals surface area contributed by atoms with Crippen LogP contribution in [0, 0.1) is 24.2 Å². The van der Waals surface area contributed by atoms with Crippen molar-refractivity contribution in [3.8, 4) is 12.3 Å². The van der Waals surface area contributed by atoms with Crippen molar-refractivity contribution in [1.82, 2.24) is 47.9 Å². The lowest BCUT2D eigenvalue weighted by atomic mass is 10.0. The van der Waals surface area contributed by atoms with Crippen LogP contribution in [0.25, 0.3) is 0 Å². The zero-order valence-electron chi connectivity index (χ0n) is 34.1. The molecule has 0 unspecified atom stereocenters. The zero-order chi connectivity index (χ0) is 46.1. The van der Waals surface area contributed by atoms with E-state index in [4.69, 9.17) is 23.0 Å². The molecule has 336 valence electrons. The molecule has 0 aromatic carbocycles. The summed E-state index contributed by atoms with van der Waals surface area (Å²) in [4.78, 5) is 129. The fourth-order valence-electron chi connectivity index (χ4n) is 4.89. The average Bonchev–Trinajstić information content (AvgIpc) is 3.15. The molecular formula is C35H58N12O13. The zero-order valence-corrected chi connectivity index (χ0v) is 34.1. The Morgan fingerprint density at radius 3 is 1.70 bits per heavy atom. The second-order valence-electron chi connectivity index (χ2n) is 14.0. The van der Waals surface area contributed by atoms with Crippen molar-refractivity contribution >= 4 is 65.3 Å². The van der Waals surface area contributed by atoms with E-state index in [-0.39, 0.29) is 44.2 Å². The van der Waals surface area contributed by atoms with Crippen LogP contribution in [0.3, 0.4) is 0 Å². The highest BCUT2D eigenvalue weighted by Gasteiger charge is 2.32. The van der Waals surface area contributed by atoms with E-state index in [1.54, 1.807) is 27.7 Å². The first kappa shape index (κ1) is 53.3. The summed E-state index contributed by atoms with van der Waals surface area (Å²) in [5, 5.41) is 48.9. The molecule has 25 nitrogen and oxygen atoms in total. The van der Waals surface area contributed by atoms with Crippen LogP contribution < -0.4 is 59.3 Å². The summed E-state index contributed by atoms with van der Waals surface area (Å²) in [6, 6.07) is -9.33. The van der Waals surface area contributed by atoms with E-state index in [1.807, 2.05) is 0 Å². The van der Waals surface area contributed by atoms with Gasteiger partial charge in [0.15, 0.2) is 5.96 Å². The Bertz CT molecular complexity index is 1610. The number of aliphatic carboxylic acids is 2. The van der Waals surface area contributed by atoms with Crippen molar-refractivity contribution in [3.05, 3.63) is 0 Å². The van der Waals surface area contributed by atoms with Gasteiger partial charge in [0, 0.05) is 6.54 Å². The van der Waals surface area contributed by atoms with Crippen LogP contribution in [0.2, 0.25) is 0 Å². The average molecular weight is 855 g/mol. The van der Waals surface area contributed by atoms with Gasteiger partial charge in [0.05, 0.1) is 32.7 Å². The number of terminal acetylenes is 1. The van der Waals surface area contributed by atoms with Crippen molar-refractivity contribution in [3.63, 3.8) is 0 Å². The number of aliphatic hydroxyl groups excluding tert-OH is 1. The predicted molar refractivity (Wildman–Crippen MR) is 212 cm³/mol. The minimum atomic E-state index is -1.86. The lowest BCUT2D eigenvalue weighted by Crippen LogP contribution is -2.59. The molecule has 0 heterocycles. The number of amides is 9. The highest BCUT2D eigenvalue weighted by atomic mass is 16.4. The van der Waals surface area contributed by atoms with E-state index < -0.39 is 128 Å². The maximum Gasteiger partial charge on any atom is 0.325 e. The minimum Gasteiger partial charge on any atom is -0.481 e. The summed E-state index contributed by atoms with van der Waals surface area (Å²) in [7, 11) is 0. The largest absolute Gasteiger partial charge is 0.481 e. The number of carbonyl (C=O) groups is 10. The van der Waals surface area contributed by atoms with Crippen LogP contribution in [-0.4, -0.2) is 150 Å². The molecule has 0 rings (SSSR count). The van der Waals surface area contributed by atoms with Crippen molar-refractivity contribution in [2.24, 2.45) is 28.3 Å². The number of aliphatic hydroxyl groups is 1. The third-order valence-electron chi connectivity index (χ3n) is 7.95. The van der Waals surface area contributed by atoms with Crippen LogP contribution in [0.1, 0.15) is 60.3 Å². The van der Waals surface area contributed by atoms with Crippen LogP contribution in [0.15, 0.2) is 4.99 Å². The summed E-state index contributed by atoms with van der Waals surface area (Å²) in [6.07, 6.45) is 4.19. The summed E-state index contributed by atoms with van der Waals surface area (Å²) in [6.45, 7) is 5.32. The SMILES string of the molecule is C#CCNC(=O)N[C@H](C(=O)NCC(=O)N[C@@H](CCCN=C(N)N)C(=O)NCC(=O)N[C@@H](CC(=O)O)C(=O)N[C@@H](CO)C(=O)N[C@@H](CC(C)C)C(=O)N[C@@H](C)C(=O)O)C(C)C. The molecule has 0 radical (unpaired) electrons. The van der Waals surface area contributed by atoms with Gasteiger partial charge in [-0.05, 0) is 38.0 Å². The molecule has 6 atom stereocenters.